The fourth-order valence-electron chi connectivity index (χ4n) is 2.00. The van der Waals surface area contributed by atoms with Crippen LogP contribution in [0.1, 0.15) is 38.8 Å². The van der Waals surface area contributed by atoms with Crippen molar-refractivity contribution in [3.63, 3.8) is 0 Å². The highest BCUT2D eigenvalue weighted by molar-refractivity contribution is 5.84. The monoisotopic (exact) mass is 325 g/mol. The lowest BCUT2D eigenvalue weighted by molar-refractivity contribution is -0.127. The fourth-order valence-corrected chi connectivity index (χ4v) is 2.00. The van der Waals surface area contributed by atoms with E-state index < -0.39 is 6.10 Å². The first kappa shape index (κ1) is 17.7. The van der Waals surface area contributed by atoms with Crippen LogP contribution in [0.4, 0.5) is 0 Å². The molecule has 0 aliphatic rings. The van der Waals surface area contributed by atoms with Crippen LogP contribution in [-0.4, -0.2) is 23.2 Å². The smallest absolute Gasteiger partial charge is 0.280 e. The minimum absolute atomic E-state index is 0.0865. The molecule has 0 fully saturated rings. The maximum atomic E-state index is 12.0. The topological polar surface area (TPSA) is 63.6 Å². The number of hydrazone groups is 1. The SMILES string of the molecule is CC(Oc1ccc(C(C)(C)C)cc1)C(=O)N/N=C/c1ccncc1. The van der Waals surface area contributed by atoms with Gasteiger partial charge in [0.05, 0.1) is 6.21 Å². The number of nitrogens with one attached hydrogen (secondary N) is 1. The Bertz CT molecular complexity index is 689. The largest absolute Gasteiger partial charge is 0.481 e. The van der Waals surface area contributed by atoms with Crippen LogP contribution in [0.3, 0.4) is 0 Å². The number of nitrogens with zero attached hydrogens (tertiary/aromatic N) is 2. The lowest BCUT2D eigenvalue weighted by atomic mass is 9.87. The second-order valence-corrected chi connectivity index (χ2v) is 6.55. The Hall–Kier alpha value is -2.69. The second kappa shape index (κ2) is 7.73. The summed E-state index contributed by atoms with van der Waals surface area (Å²) in [6.07, 6.45) is 4.25. The van der Waals surface area contributed by atoms with E-state index >= 15 is 0 Å². The van der Waals surface area contributed by atoms with Gasteiger partial charge in [-0.25, -0.2) is 5.43 Å². The van der Waals surface area contributed by atoms with Gasteiger partial charge < -0.3 is 4.74 Å². The van der Waals surface area contributed by atoms with Crippen LogP contribution in [0.15, 0.2) is 53.9 Å². The van der Waals surface area contributed by atoms with E-state index in [0.29, 0.717) is 5.75 Å². The summed E-state index contributed by atoms with van der Waals surface area (Å²) in [5.41, 5.74) is 4.63. The number of carbonyl (C=O) groups is 1. The normalized spacial score (nSPS) is 12.8. The van der Waals surface area contributed by atoms with Gasteiger partial charge in [0, 0.05) is 12.4 Å². The summed E-state index contributed by atoms with van der Waals surface area (Å²) < 4.78 is 5.65. The molecule has 1 aromatic heterocycles. The van der Waals surface area contributed by atoms with Crippen molar-refractivity contribution in [1.82, 2.24) is 10.4 Å². The van der Waals surface area contributed by atoms with Gasteiger partial charge >= 0.3 is 0 Å². The van der Waals surface area contributed by atoms with Crippen LogP contribution in [0.2, 0.25) is 0 Å². The minimum Gasteiger partial charge on any atom is -0.481 e. The van der Waals surface area contributed by atoms with Gasteiger partial charge in [0.2, 0.25) is 0 Å². The molecule has 0 aliphatic carbocycles. The average Bonchev–Trinajstić information content (AvgIpc) is 2.55. The molecule has 1 amide bonds. The zero-order valence-electron chi connectivity index (χ0n) is 14.5. The molecule has 2 rings (SSSR count). The molecule has 5 heteroatoms. The predicted molar refractivity (Wildman–Crippen MR) is 95.2 cm³/mol. The van der Waals surface area contributed by atoms with Gasteiger partial charge in [0.1, 0.15) is 5.75 Å². The van der Waals surface area contributed by atoms with E-state index in [-0.39, 0.29) is 11.3 Å². The van der Waals surface area contributed by atoms with Crippen molar-refractivity contribution in [3.8, 4) is 5.75 Å². The number of amides is 1. The molecule has 1 atom stereocenters. The van der Waals surface area contributed by atoms with Crippen LogP contribution in [0.5, 0.6) is 5.75 Å². The van der Waals surface area contributed by atoms with Crippen LogP contribution in [-0.2, 0) is 10.2 Å². The van der Waals surface area contributed by atoms with Gasteiger partial charge in [-0.1, -0.05) is 32.9 Å². The van der Waals surface area contributed by atoms with Crippen LogP contribution in [0, 0.1) is 0 Å². The number of hydrogen-bond acceptors (Lipinski definition) is 4. The van der Waals surface area contributed by atoms with E-state index in [1.807, 2.05) is 24.3 Å². The molecule has 1 aromatic carbocycles. The zero-order valence-corrected chi connectivity index (χ0v) is 14.5. The number of hydrogen-bond donors (Lipinski definition) is 1. The molecule has 126 valence electrons. The fraction of sp³-hybridized carbons (Fsp3) is 0.316. The van der Waals surface area contributed by atoms with Crippen molar-refractivity contribution in [3.05, 3.63) is 59.9 Å². The Labute approximate surface area is 142 Å². The Morgan fingerprint density at radius 1 is 1.17 bits per heavy atom. The van der Waals surface area contributed by atoms with E-state index in [1.165, 1.54) is 5.56 Å². The number of aromatic nitrogens is 1. The number of benzene rings is 1. The Morgan fingerprint density at radius 3 is 2.38 bits per heavy atom. The molecule has 0 saturated heterocycles. The molecule has 0 bridgehead atoms. The maximum Gasteiger partial charge on any atom is 0.280 e. The third kappa shape index (κ3) is 5.19. The molecule has 1 unspecified atom stereocenters. The Balaban J connectivity index is 1.88. The number of ether oxygens (including phenoxy) is 1. The molecule has 24 heavy (non-hydrogen) atoms. The van der Waals surface area contributed by atoms with Crippen molar-refractivity contribution in [2.45, 2.75) is 39.2 Å². The Morgan fingerprint density at radius 2 is 1.79 bits per heavy atom. The third-order valence-corrected chi connectivity index (χ3v) is 3.50. The van der Waals surface area contributed by atoms with Crippen molar-refractivity contribution in [1.29, 1.82) is 0 Å². The average molecular weight is 325 g/mol. The number of rotatable bonds is 5. The van der Waals surface area contributed by atoms with Gasteiger partial charge in [0.15, 0.2) is 6.10 Å². The lowest BCUT2D eigenvalue weighted by Gasteiger charge is -2.19. The summed E-state index contributed by atoms with van der Waals surface area (Å²) in [5, 5.41) is 3.92. The quantitative estimate of drug-likeness (QED) is 0.677. The summed E-state index contributed by atoms with van der Waals surface area (Å²) >= 11 is 0. The van der Waals surface area contributed by atoms with E-state index in [1.54, 1.807) is 37.7 Å². The number of pyridine rings is 1. The van der Waals surface area contributed by atoms with Crippen molar-refractivity contribution in [2.75, 3.05) is 0 Å². The van der Waals surface area contributed by atoms with E-state index in [2.05, 4.69) is 36.3 Å². The van der Waals surface area contributed by atoms with E-state index in [0.717, 1.165) is 5.56 Å². The maximum absolute atomic E-state index is 12.0. The molecular weight excluding hydrogens is 302 g/mol. The van der Waals surface area contributed by atoms with Crippen molar-refractivity contribution >= 4 is 12.1 Å². The molecule has 1 N–H and O–H groups in total. The molecule has 0 radical (unpaired) electrons. The summed E-state index contributed by atoms with van der Waals surface area (Å²) in [5.74, 6) is 0.351. The lowest BCUT2D eigenvalue weighted by Crippen LogP contribution is -2.33. The molecule has 2 aromatic rings. The summed E-state index contributed by atoms with van der Waals surface area (Å²) in [6.45, 7) is 8.15. The van der Waals surface area contributed by atoms with Crippen molar-refractivity contribution in [2.24, 2.45) is 5.10 Å². The van der Waals surface area contributed by atoms with Crippen LogP contribution in [0.25, 0.3) is 0 Å². The highest BCUT2D eigenvalue weighted by Gasteiger charge is 2.16. The first-order chi connectivity index (χ1) is 11.4. The second-order valence-electron chi connectivity index (χ2n) is 6.55. The number of carbonyl (C=O) groups excluding carboxylic acids is 1. The summed E-state index contributed by atoms with van der Waals surface area (Å²) in [6, 6.07) is 11.4. The first-order valence-electron chi connectivity index (χ1n) is 7.86. The van der Waals surface area contributed by atoms with Crippen LogP contribution < -0.4 is 10.2 Å². The molecular formula is C19H23N3O2. The van der Waals surface area contributed by atoms with Crippen LogP contribution >= 0.6 is 0 Å². The standard InChI is InChI=1S/C19H23N3O2/c1-14(18(23)22-21-13-15-9-11-20-12-10-15)24-17-7-5-16(6-8-17)19(2,3)4/h5-14H,1-4H3,(H,22,23)/b21-13+. The predicted octanol–water partition coefficient (Wildman–Crippen LogP) is 3.30. The molecule has 0 spiro atoms. The molecule has 1 heterocycles. The summed E-state index contributed by atoms with van der Waals surface area (Å²) in [7, 11) is 0. The van der Waals surface area contributed by atoms with Crippen molar-refractivity contribution < 1.29 is 9.53 Å². The van der Waals surface area contributed by atoms with Gasteiger partial charge in [-0.05, 0) is 47.7 Å². The molecule has 0 aliphatic heterocycles. The third-order valence-electron chi connectivity index (χ3n) is 3.50. The minimum atomic E-state index is -0.639. The first-order valence-corrected chi connectivity index (χ1v) is 7.86. The Kier molecular flexibility index (Phi) is 5.68. The highest BCUT2D eigenvalue weighted by atomic mass is 16.5. The van der Waals surface area contributed by atoms with Gasteiger partial charge in [-0.3, -0.25) is 9.78 Å². The van der Waals surface area contributed by atoms with E-state index in [9.17, 15) is 4.79 Å². The molecule has 5 nitrogen and oxygen atoms in total. The van der Waals surface area contributed by atoms with Gasteiger partial charge in [-0.2, -0.15) is 5.10 Å². The highest BCUT2D eigenvalue weighted by Crippen LogP contribution is 2.24. The summed E-state index contributed by atoms with van der Waals surface area (Å²) in [4.78, 5) is 15.9. The van der Waals surface area contributed by atoms with E-state index in [4.69, 9.17) is 4.74 Å². The molecule has 0 saturated carbocycles. The zero-order chi connectivity index (χ0) is 17.6. The van der Waals surface area contributed by atoms with Gasteiger partial charge in [-0.15, -0.1) is 0 Å². The van der Waals surface area contributed by atoms with Gasteiger partial charge in [0.25, 0.3) is 5.91 Å².